The summed E-state index contributed by atoms with van der Waals surface area (Å²) < 4.78 is 5.40. The number of nitrogens with zero attached hydrogens (tertiary/aromatic N) is 1. The molecule has 0 spiro atoms. The van der Waals surface area contributed by atoms with Gasteiger partial charge in [-0.1, -0.05) is 25.0 Å². The van der Waals surface area contributed by atoms with Crippen molar-refractivity contribution in [3.05, 3.63) is 59.5 Å². The van der Waals surface area contributed by atoms with E-state index in [4.69, 9.17) is 9.52 Å². The molecule has 0 radical (unpaired) electrons. The van der Waals surface area contributed by atoms with Gasteiger partial charge in [-0.05, 0) is 42.7 Å². The fraction of sp³-hybridized carbons (Fsp3) is 0.368. The number of hydrogen-bond acceptors (Lipinski definition) is 3. The molecule has 1 aromatic heterocycles. The Morgan fingerprint density at radius 2 is 1.96 bits per heavy atom. The molecule has 0 aliphatic heterocycles. The molecule has 0 atom stereocenters. The van der Waals surface area contributed by atoms with Crippen molar-refractivity contribution in [2.24, 2.45) is 0 Å². The molecule has 1 amide bonds. The lowest BCUT2D eigenvalue weighted by Gasteiger charge is -2.28. The second-order valence-corrected chi connectivity index (χ2v) is 6.22. The van der Waals surface area contributed by atoms with Crippen LogP contribution in [0.15, 0.2) is 47.1 Å². The maximum absolute atomic E-state index is 12.8. The molecule has 3 rings (SSSR count). The van der Waals surface area contributed by atoms with E-state index < -0.39 is 5.97 Å². The van der Waals surface area contributed by atoms with E-state index in [2.05, 4.69) is 0 Å². The number of rotatable bonds is 6. The van der Waals surface area contributed by atoms with Crippen LogP contribution in [-0.4, -0.2) is 27.9 Å². The van der Waals surface area contributed by atoms with Gasteiger partial charge in [0.15, 0.2) is 0 Å². The van der Waals surface area contributed by atoms with Gasteiger partial charge in [-0.25, -0.2) is 4.79 Å². The molecular formula is C19H21NO4. The molecule has 126 valence electrons. The summed E-state index contributed by atoms with van der Waals surface area (Å²) in [6.07, 6.45) is 6.13. The van der Waals surface area contributed by atoms with Gasteiger partial charge in [0.1, 0.15) is 5.76 Å². The van der Waals surface area contributed by atoms with Crippen molar-refractivity contribution < 1.29 is 19.1 Å². The zero-order chi connectivity index (χ0) is 16.9. The van der Waals surface area contributed by atoms with Crippen LogP contribution in [0.3, 0.4) is 0 Å². The number of carbonyl (C=O) groups is 2. The number of furan rings is 1. The third-order valence-corrected chi connectivity index (χ3v) is 4.52. The molecule has 2 aromatic rings. The van der Waals surface area contributed by atoms with E-state index in [9.17, 15) is 9.59 Å². The number of amides is 1. The van der Waals surface area contributed by atoms with E-state index in [0.717, 1.165) is 37.0 Å². The van der Waals surface area contributed by atoms with E-state index in [1.165, 1.54) is 6.07 Å². The molecule has 1 aromatic carbocycles. The lowest BCUT2D eigenvalue weighted by atomic mass is 10.1. The van der Waals surface area contributed by atoms with Crippen LogP contribution < -0.4 is 0 Å². The van der Waals surface area contributed by atoms with Crippen LogP contribution in [0.1, 0.15) is 47.4 Å². The summed E-state index contributed by atoms with van der Waals surface area (Å²) in [5.74, 6) is -0.192. The fourth-order valence-electron chi connectivity index (χ4n) is 3.30. The van der Waals surface area contributed by atoms with Crippen molar-refractivity contribution in [1.82, 2.24) is 4.90 Å². The Kier molecular flexibility index (Phi) is 4.99. The van der Waals surface area contributed by atoms with Gasteiger partial charge in [0.25, 0.3) is 0 Å². The SMILES string of the molecule is O=C(O)c1cccc(CC(=O)N(Cc2ccco2)C2CCCC2)c1. The third kappa shape index (κ3) is 3.85. The predicted octanol–water partition coefficient (Wildman–Crippen LogP) is 3.49. The zero-order valence-corrected chi connectivity index (χ0v) is 13.5. The second kappa shape index (κ2) is 7.34. The summed E-state index contributed by atoms with van der Waals surface area (Å²) in [5.41, 5.74) is 0.932. The Morgan fingerprint density at radius 3 is 2.62 bits per heavy atom. The summed E-state index contributed by atoms with van der Waals surface area (Å²) in [6, 6.07) is 10.5. The van der Waals surface area contributed by atoms with Crippen molar-refractivity contribution in [1.29, 1.82) is 0 Å². The van der Waals surface area contributed by atoms with Crippen LogP contribution in [0.2, 0.25) is 0 Å². The van der Waals surface area contributed by atoms with Crippen molar-refractivity contribution in [2.75, 3.05) is 0 Å². The molecule has 1 saturated carbocycles. The van der Waals surface area contributed by atoms with Crippen molar-refractivity contribution >= 4 is 11.9 Å². The lowest BCUT2D eigenvalue weighted by molar-refractivity contribution is -0.133. The molecule has 0 bridgehead atoms. The average molecular weight is 327 g/mol. The molecule has 1 aliphatic carbocycles. The fourth-order valence-corrected chi connectivity index (χ4v) is 3.30. The van der Waals surface area contributed by atoms with E-state index in [-0.39, 0.29) is 23.9 Å². The number of carboxylic acids is 1. The van der Waals surface area contributed by atoms with Crippen LogP contribution in [0, 0.1) is 0 Å². The number of aromatic carboxylic acids is 1. The first-order chi connectivity index (χ1) is 11.6. The zero-order valence-electron chi connectivity index (χ0n) is 13.5. The number of benzene rings is 1. The van der Waals surface area contributed by atoms with Gasteiger partial charge >= 0.3 is 5.97 Å². The first-order valence-corrected chi connectivity index (χ1v) is 8.27. The highest BCUT2D eigenvalue weighted by Crippen LogP contribution is 2.26. The predicted molar refractivity (Wildman–Crippen MR) is 88.6 cm³/mol. The largest absolute Gasteiger partial charge is 0.478 e. The van der Waals surface area contributed by atoms with Gasteiger partial charge in [0, 0.05) is 6.04 Å². The smallest absolute Gasteiger partial charge is 0.335 e. The minimum atomic E-state index is -0.979. The quantitative estimate of drug-likeness (QED) is 0.881. The minimum Gasteiger partial charge on any atom is -0.478 e. The first kappa shape index (κ1) is 16.3. The van der Waals surface area contributed by atoms with Crippen LogP contribution in [0.5, 0.6) is 0 Å². The Morgan fingerprint density at radius 1 is 1.17 bits per heavy atom. The summed E-state index contributed by atoms with van der Waals surface area (Å²) >= 11 is 0. The standard InChI is InChI=1S/C19H21NO4/c21-18(12-14-5-3-6-15(11-14)19(22)23)20(16-7-1-2-8-16)13-17-9-4-10-24-17/h3-6,9-11,16H,1-2,7-8,12-13H2,(H,22,23). The molecule has 0 unspecified atom stereocenters. The van der Waals surface area contributed by atoms with Crippen molar-refractivity contribution in [3.63, 3.8) is 0 Å². The number of carbonyl (C=O) groups excluding carboxylic acids is 1. The molecule has 5 nitrogen and oxygen atoms in total. The van der Waals surface area contributed by atoms with E-state index in [1.807, 2.05) is 17.0 Å². The molecule has 1 N–H and O–H groups in total. The molecule has 0 saturated heterocycles. The third-order valence-electron chi connectivity index (χ3n) is 4.52. The van der Waals surface area contributed by atoms with E-state index in [0.29, 0.717) is 6.54 Å². The van der Waals surface area contributed by atoms with Crippen molar-refractivity contribution in [2.45, 2.75) is 44.7 Å². The first-order valence-electron chi connectivity index (χ1n) is 8.27. The van der Waals surface area contributed by atoms with Crippen LogP contribution >= 0.6 is 0 Å². The van der Waals surface area contributed by atoms with Gasteiger partial charge in [0.05, 0.1) is 24.8 Å². The highest BCUT2D eigenvalue weighted by atomic mass is 16.4. The van der Waals surface area contributed by atoms with Crippen LogP contribution in [-0.2, 0) is 17.8 Å². The van der Waals surface area contributed by atoms with Gasteiger partial charge in [-0.2, -0.15) is 0 Å². The van der Waals surface area contributed by atoms with Crippen LogP contribution in [0.4, 0.5) is 0 Å². The summed E-state index contributed by atoms with van der Waals surface area (Å²) in [5, 5.41) is 9.09. The Bertz CT molecular complexity index is 702. The van der Waals surface area contributed by atoms with Gasteiger partial charge in [-0.3, -0.25) is 4.79 Å². The summed E-state index contributed by atoms with van der Waals surface area (Å²) in [6.45, 7) is 0.467. The maximum atomic E-state index is 12.8. The molecule has 1 fully saturated rings. The number of hydrogen-bond donors (Lipinski definition) is 1. The summed E-state index contributed by atoms with van der Waals surface area (Å²) in [7, 11) is 0. The Balaban J connectivity index is 1.75. The highest BCUT2D eigenvalue weighted by Gasteiger charge is 2.27. The molecular weight excluding hydrogens is 306 g/mol. The maximum Gasteiger partial charge on any atom is 0.335 e. The molecule has 5 heteroatoms. The van der Waals surface area contributed by atoms with Gasteiger partial charge in [-0.15, -0.1) is 0 Å². The van der Waals surface area contributed by atoms with E-state index >= 15 is 0 Å². The second-order valence-electron chi connectivity index (χ2n) is 6.22. The molecule has 1 heterocycles. The minimum absolute atomic E-state index is 0.0147. The Hall–Kier alpha value is -2.56. The normalized spacial score (nSPS) is 14.7. The number of carboxylic acid groups (broad SMARTS) is 1. The van der Waals surface area contributed by atoms with E-state index in [1.54, 1.807) is 24.5 Å². The topological polar surface area (TPSA) is 70.8 Å². The molecule has 24 heavy (non-hydrogen) atoms. The average Bonchev–Trinajstić information content (AvgIpc) is 3.26. The highest BCUT2D eigenvalue weighted by molar-refractivity contribution is 5.88. The van der Waals surface area contributed by atoms with Crippen LogP contribution in [0.25, 0.3) is 0 Å². The van der Waals surface area contributed by atoms with Gasteiger partial charge in [0.2, 0.25) is 5.91 Å². The lowest BCUT2D eigenvalue weighted by Crippen LogP contribution is -2.39. The monoisotopic (exact) mass is 327 g/mol. The van der Waals surface area contributed by atoms with Gasteiger partial charge < -0.3 is 14.4 Å². The van der Waals surface area contributed by atoms with Crippen molar-refractivity contribution in [3.8, 4) is 0 Å². The Labute approximate surface area is 140 Å². The summed E-state index contributed by atoms with van der Waals surface area (Å²) in [4.78, 5) is 25.8. The molecule has 1 aliphatic rings.